The predicted octanol–water partition coefficient (Wildman–Crippen LogP) is 3.49. The molecule has 1 unspecified atom stereocenters. The molecule has 4 heteroatoms. The first-order valence-electron chi connectivity index (χ1n) is 7.50. The topological polar surface area (TPSA) is 32.7 Å². The van der Waals surface area contributed by atoms with E-state index in [0.717, 1.165) is 18.8 Å². The van der Waals surface area contributed by atoms with Crippen molar-refractivity contribution in [3.8, 4) is 5.75 Å². The van der Waals surface area contributed by atoms with Crippen molar-refractivity contribution in [3.63, 3.8) is 0 Å². The Hall–Kier alpha value is -0.770. The minimum Gasteiger partial charge on any atom is -0.491 e. The molecule has 1 rings (SSSR count). The molecule has 1 aromatic rings. The highest BCUT2D eigenvalue weighted by Crippen LogP contribution is 2.24. The fraction of sp³-hybridized carbons (Fsp3) is 0.647. The molecule has 0 aliphatic heterocycles. The minimum absolute atomic E-state index is 0. The van der Waals surface area contributed by atoms with Crippen LogP contribution in [0.3, 0.4) is 0 Å². The van der Waals surface area contributed by atoms with E-state index >= 15 is 0 Å². The first-order chi connectivity index (χ1) is 9.36. The zero-order valence-electron chi connectivity index (χ0n) is 13.9. The number of nitrogens with zero attached hydrogens (tertiary/aromatic N) is 1. The lowest BCUT2D eigenvalue weighted by Crippen LogP contribution is -2.35. The van der Waals surface area contributed by atoms with Crippen LogP contribution in [0, 0.1) is 0 Å². The summed E-state index contributed by atoms with van der Waals surface area (Å²) < 4.78 is 5.65. The van der Waals surface area contributed by atoms with Crippen LogP contribution >= 0.6 is 12.4 Å². The third kappa shape index (κ3) is 7.16. The van der Waals surface area contributed by atoms with Crippen molar-refractivity contribution >= 4 is 12.4 Å². The normalized spacial score (nSPS) is 12.9. The maximum atomic E-state index is 9.96. The summed E-state index contributed by atoms with van der Waals surface area (Å²) in [4.78, 5) is 2.19. The number of likely N-dealkylation sites (N-methyl/N-ethyl adjacent to an activating group) is 1. The summed E-state index contributed by atoms with van der Waals surface area (Å²) in [6.07, 6.45) is -0.447. The van der Waals surface area contributed by atoms with Crippen molar-refractivity contribution in [1.29, 1.82) is 0 Å². The Labute approximate surface area is 135 Å². The maximum Gasteiger partial charge on any atom is 0.119 e. The van der Waals surface area contributed by atoms with Crippen LogP contribution in [0.4, 0.5) is 0 Å². The molecule has 0 spiro atoms. The van der Waals surface area contributed by atoms with Crippen LogP contribution in [-0.4, -0.2) is 42.4 Å². The van der Waals surface area contributed by atoms with Gasteiger partial charge in [-0.3, -0.25) is 0 Å². The zero-order chi connectivity index (χ0) is 15.2. The third-order valence-electron chi connectivity index (χ3n) is 3.53. The first kappa shape index (κ1) is 20.2. The van der Waals surface area contributed by atoms with Gasteiger partial charge >= 0.3 is 0 Å². The van der Waals surface area contributed by atoms with Gasteiger partial charge in [0.25, 0.3) is 0 Å². The molecule has 21 heavy (non-hydrogen) atoms. The molecule has 0 aliphatic carbocycles. The summed E-state index contributed by atoms with van der Waals surface area (Å²) in [6.45, 7) is 13.7. The molecular formula is C17H30ClNO2. The fourth-order valence-electron chi connectivity index (χ4n) is 2.08. The minimum atomic E-state index is -0.447. The number of hydrogen-bond donors (Lipinski definition) is 1. The Morgan fingerprint density at radius 2 is 1.62 bits per heavy atom. The first-order valence-corrected chi connectivity index (χ1v) is 7.50. The Morgan fingerprint density at radius 1 is 1.10 bits per heavy atom. The third-order valence-corrected chi connectivity index (χ3v) is 3.53. The zero-order valence-corrected chi connectivity index (χ0v) is 14.7. The molecule has 0 bridgehead atoms. The van der Waals surface area contributed by atoms with E-state index in [0.29, 0.717) is 13.2 Å². The second-order valence-electron chi connectivity index (χ2n) is 6.23. The van der Waals surface area contributed by atoms with Gasteiger partial charge in [0, 0.05) is 6.54 Å². The van der Waals surface area contributed by atoms with Crippen molar-refractivity contribution in [1.82, 2.24) is 4.90 Å². The van der Waals surface area contributed by atoms with E-state index in [4.69, 9.17) is 4.74 Å². The van der Waals surface area contributed by atoms with Gasteiger partial charge in [-0.1, -0.05) is 46.8 Å². The Bertz CT molecular complexity index is 383. The van der Waals surface area contributed by atoms with E-state index in [1.165, 1.54) is 5.56 Å². The van der Waals surface area contributed by atoms with Crippen LogP contribution in [0.25, 0.3) is 0 Å². The second-order valence-corrected chi connectivity index (χ2v) is 6.23. The molecule has 0 heterocycles. The number of aliphatic hydroxyl groups excluding tert-OH is 1. The molecular weight excluding hydrogens is 286 g/mol. The Balaban J connectivity index is 0.00000400. The lowest BCUT2D eigenvalue weighted by atomic mass is 9.87. The fourth-order valence-corrected chi connectivity index (χ4v) is 2.08. The smallest absolute Gasteiger partial charge is 0.119 e. The number of benzene rings is 1. The van der Waals surface area contributed by atoms with Gasteiger partial charge in [0.1, 0.15) is 18.5 Å². The van der Waals surface area contributed by atoms with Crippen LogP contribution in [0.2, 0.25) is 0 Å². The van der Waals surface area contributed by atoms with Gasteiger partial charge in [-0.15, -0.1) is 12.4 Å². The lowest BCUT2D eigenvalue weighted by molar-refractivity contribution is 0.0716. The molecule has 0 saturated carbocycles. The van der Waals surface area contributed by atoms with Crippen molar-refractivity contribution in [3.05, 3.63) is 29.8 Å². The van der Waals surface area contributed by atoms with Crippen LogP contribution in [0.15, 0.2) is 24.3 Å². The molecule has 122 valence electrons. The molecule has 0 fully saturated rings. The summed E-state index contributed by atoms with van der Waals surface area (Å²) in [5.74, 6) is 0.816. The molecule has 1 N–H and O–H groups in total. The molecule has 0 aliphatic rings. The molecule has 1 atom stereocenters. The number of ether oxygens (including phenoxy) is 1. The molecule has 0 amide bonds. The number of halogens is 1. The summed E-state index contributed by atoms with van der Waals surface area (Å²) in [7, 11) is 0. The summed E-state index contributed by atoms with van der Waals surface area (Å²) in [5, 5.41) is 9.96. The van der Waals surface area contributed by atoms with Gasteiger partial charge in [0.15, 0.2) is 0 Å². The molecule has 0 saturated heterocycles. The monoisotopic (exact) mass is 315 g/mol. The molecule has 3 nitrogen and oxygen atoms in total. The van der Waals surface area contributed by atoms with Gasteiger partial charge in [-0.25, -0.2) is 0 Å². The Morgan fingerprint density at radius 3 is 2.05 bits per heavy atom. The number of hydrogen-bond acceptors (Lipinski definition) is 3. The summed E-state index contributed by atoms with van der Waals surface area (Å²) in [5.41, 5.74) is 1.44. The quantitative estimate of drug-likeness (QED) is 0.836. The Kier molecular flexibility index (Phi) is 8.95. The van der Waals surface area contributed by atoms with Crippen molar-refractivity contribution in [2.24, 2.45) is 0 Å². The lowest BCUT2D eigenvalue weighted by Gasteiger charge is -2.22. The van der Waals surface area contributed by atoms with E-state index < -0.39 is 6.10 Å². The van der Waals surface area contributed by atoms with E-state index in [1.807, 2.05) is 12.1 Å². The van der Waals surface area contributed by atoms with Crippen LogP contribution in [-0.2, 0) is 5.41 Å². The van der Waals surface area contributed by atoms with Gasteiger partial charge in [0.2, 0.25) is 0 Å². The van der Waals surface area contributed by atoms with Crippen molar-refractivity contribution in [2.75, 3.05) is 26.2 Å². The summed E-state index contributed by atoms with van der Waals surface area (Å²) in [6, 6.07) is 8.13. The van der Waals surface area contributed by atoms with Gasteiger partial charge in [-0.05, 0) is 36.2 Å². The van der Waals surface area contributed by atoms with Gasteiger partial charge < -0.3 is 14.7 Å². The number of rotatable bonds is 7. The van der Waals surface area contributed by atoms with E-state index in [1.54, 1.807) is 0 Å². The molecule has 0 aromatic heterocycles. The van der Waals surface area contributed by atoms with E-state index in [9.17, 15) is 5.11 Å². The van der Waals surface area contributed by atoms with Gasteiger partial charge in [-0.2, -0.15) is 0 Å². The summed E-state index contributed by atoms with van der Waals surface area (Å²) >= 11 is 0. The number of aliphatic hydroxyl groups is 1. The predicted molar refractivity (Wildman–Crippen MR) is 91.7 cm³/mol. The van der Waals surface area contributed by atoms with Crippen LogP contribution < -0.4 is 4.74 Å². The highest BCUT2D eigenvalue weighted by atomic mass is 35.5. The van der Waals surface area contributed by atoms with Crippen molar-refractivity contribution in [2.45, 2.75) is 46.1 Å². The van der Waals surface area contributed by atoms with Crippen LogP contribution in [0.5, 0.6) is 5.75 Å². The molecule has 1 aromatic carbocycles. The average molecular weight is 316 g/mol. The van der Waals surface area contributed by atoms with Crippen molar-refractivity contribution < 1.29 is 9.84 Å². The van der Waals surface area contributed by atoms with Crippen LogP contribution in [0.1, 0.15) is 40.2 Å². The van der Waals surface area contributed by atoms with Gasteiger partial charge in [0.05, 0.1) is 0 Å². The van der Waals surface area contributed by atoms with E-state index in [-0.39, 0.29) is 17.8 Å². The highest BCUT2D eigenvalue weighted by Gasteiger charge is 2.13. The SMILES string of the molecule is CCN(CC)CC(O)COc1ccc(C(C)(C)C)cc1.Cl. The average Bonchev–Trinajstić information content (AvgIpc) is 2.42. The second kappa shape index (κ2) is 9.29. The standard InChI is InChI=1S/C17H29NO2.ClH/c1-6-18(7-2)12-15(19)13-20-16-10-8-14(9-11-16)17(3,4)5;/h8-11,15,19H,6-7,12-13H2,1-5H3;1H. The molecule has 0 radical (unpaired) electrons. The maximum absolute atomic E-state index is 9.96. The largest absolute Gasteiger partial charge is 0.491 e. The van der Waals surface area contributed by atoms with E-state index in [2.05, 4.69) is 51.7 Å². The highest BCUT2D eigenvalue weighted by molar-refractivity contribution is 5.85.